The zero-order chi connectivity index (χ0) is 12.3. The Hall–Kier alpha value is -1.02. The fraction of sp³-hybridized carbons (Fsp3) is 0.154. The molecule has 1 aliphatic rings. The van der Waals surface area contributed by atoms with E-state index in [4.69, 9.17) is 11.6 Å². The van der Waals surface area contributed by atoms with Crippen LogP contribution >= 0.6 is 27.5 Å². The van der Waals surface area contributed by atoms with Crippen molar-refractivity contribution in [3.8, 4) is 0 Å². The molecular weight excluding hydrogens is 305 g/mol. The van der Waals surface area contributed by atoms with Crippen LogP contribution < -0.4 is 0 Å². The first-order valence-corrected chi connectivity index (χ1v) is 6.29. The number of rotatable bonds is 3. The molecule has 1 heterocycles. The molecule has 1 aliphatic carbocycles. The second kappa shape index (κ2) is 5.54. The fourth-order valence-corrected chi connectivity index (χ4v) is 1.94. The predicted octanol–water partition coefficient (Wildman–Crippen LogP) is 4.34. The van der Waals surface area contributed by atoms with E-state index in [1.165, 1.54) is 0 Å². The van der Waals surface area contributed by atoms with Crippen LogP contribution in [-0.2, 0) is 6.42 Å². The van der Waals surface area contributed by atoms with Gasteiger partial charge < -0.3 is 0 Å². The minimum atomic E-state index is -0.477. The van der Waals surface area contributed by atoms with Crippen LogP contribution in [-0.4, -0.2) is 4.98 Å². The van der Waals surface area contributed by atoms with Crippen molar-refractivity contribution in [3.63, 3.8) is 0 Å². The average molecular weight is 314 g/mol. The van der Waals surface area contributed by atoms with Gasteiger partial charge in [0.05, 0.1) is 16.1 Å². The van der Waals surface area contributed by atoms with Crippen LogP contribution in [0.2, 0.25) is 0 Å². The molecule has 17 heavy (non-hydrogen) atoms. The normalized spacial score (nSPS) is 14.1. The Bertz CT molecular complexity index is 520. The highest BCUT2D eigenvalue weighted by Gasteiger charge is 2.12. The number of nitrogens with zero attached hydrogens (tertiary/aromatic N) is 1. The molecule has 0 bridgehead atoms. The Labute approximate surface area is 113 Å². The van der Waals surface area contributed by atoms with Gasteiger partial charge in [-0.15, -0.1) is 0 Å². The van der Waals surface area contributed by atoms with E-state index in [2.05, 4.69) is 27.0 Å². The first-order valence-electron chi connectivity index (χ1n) is 5.12. The van der Waals surface area contributed by atoms with Crippen LogP contribution in [0, 0.1) is 12.0 Å². The molecule has 2 rings (SSSR count). The Balaban J connectivity index is 2.05. The Morgan fingerprint density at radius 3 is 2.88 bits per heavy atom. The van der Waals surface area contributed by atoms with Gasteiger partial charge in [-0.05, 0) is 34.5 Å². The van der Waals surface area contributed by atoms with Crippen molar-refractivity contribution < 1.29 is 4.39 Å². The van der Waals surface area contributed by atoms with E-state index in [-0.39, 0.29) is 0 Å². The first kappa shape index (κ1) is 12.4. The zero-order valence-corrected chi connectivity index (χ0v) is 11.2. The molecule has 0 radical (unpaired) electrons. The summed E-state index contributed by atoms with van der Waals surface area (Å²) >= 11 is 9.09. The number of aromatic nitrogens is 1. The average Bonchev–Trinajstić information content (AvgIpc) is 2.32. The second-order valence-corrected chi connectivity index (χ2v) is 4.85. The summed E-state index contributed by atoms with van der Waals surface area (Å²) in [5, 5.41) is 0.685. The van der Waals surface area contributed by atoms with Crippen LogP contribution in [0.4, 0.5) is 4.39 Å². The van der Waals surface area contributed by atoms with Gasteiger partial charge in [0.25, 0.3) is 0 Å². The standard InChI is InChI=1S/C13H9BrClFN/c14-11-8-7-10(17-13(11)16)6-5-9-3-1-2-4-12(9)15/h1,3-4,7-8H,5-6H2/q+1. The monoisotopic (exact) mass is 312 g/mol. The van der Waals surface area contributed by atoms with E-state index in [1.807, 2.05) is 12.2 Å². The number of hydrogen-bond acceptors (Lipinski definition) is 1. The fourth-order valence-electron chi connectivity index (χ4n) is 1.50. The lowest BCUT2D eigenvalue weighted by atomic mass is 10.0. The van der Waals surface area contributed by atoms with E-state index >= 15 is 0 Å². The van der Waals surface area contributed by atoms with E-state index in [9.17, 15) is 4.39 Å². The molecule has 4 heteroatoms. The van der Waals surface area contributed by atoms with Crippen molar-refractivity contribution in [2.75, 3.05) is 0 Å². The number of allylic oxidation sites excluding steroid dienone is 6. The number of halogens is 3. The van der Waals surface area contributed by atoms with Crippen LogP contribution in [0.25, 0.3) is 0 Å². The van der Waals surface area contributed by atoms with Crippen LogP contribution in [0.1, 0.15) is 12.1 Å². The van der Waals surface area contributed by atoms with Gasteiger partial charge in [0.1, 0.15) is 12.2 Å². The van der Waals surface area contributed by atoms with Gasteiger partial charge >= 0.3 is 0 Å². The minimum absolute atomic E-state index is 0.383. The number of aryl methyl sites for hydroxylation is 1. The molecule has 86 valence electrons. The summed E-state index contributed by atoms with van der Waals surface area (Å²) in [4.78, 5) is 3.85. The summed E-state index contributed by atoms with van der Waals surface area (Å²) in [6.45, 7) is 0. The van der Waals surface area contributed by atoms with Crippen LogP contribution in [0.5, 0.6) is 0 Å². The third-order valence-corrected chi connectivity index (χ3v) is 3.35. The molecule has 0 saturated carbocycles. The first-order chi connectivity index (χ1) is 8.16. The molecule has 0 fully saturated rings. The molecule has 0 saturated heterocycles. The second-order valence-electron chi connectivity index (χ2n) is 3.59. The van der Waals surface area contributed by atoms with Crippen molar-refractivity contribution in [1.29, 1.82) is 0 Å². The van der Waals surface area contributed by atoms with E-state index < -0.39 is 5.95 Å². The van der Waals surface area contributed by atoms with E-state index in [0.29, 0.717) is 15.9 Å². The van der Waals surface area contributed by atoms with Gasteiger partial charge in [-0.3, -0.25) is 0 Å². The lowest BCUT2D eigenvalue weighted by Gasteiger charge is -2.02. The Morgan fingerprint density at radius 1 is 1.35 bits per heavy atom. The molecule has 1 aromatic rings. The molecule has 0 spiro atoms. The summed E-state index contributed by atoms with van der Waals surface area (Å²) in [5.41, 5.74) is 1.74. The largest absolute Gasteiger partial charge is 0.227 e. The molecule has 1 aromatic heterocycles. The quantitative estimate of drug-likeness (QED) is 0.597. The highest BCUT2D eigenvalue weighted by molar-refractivity contribution is 9.10. The molecule has 0 aromatic carbocycles. The summed E-state index contributed by atoms with van der Waals surface area (Å²) in [7, 11) is 0. The van der Waals surface area contributed by atoms with Gasteiger partial charge in [0.2, 0.25) is 5.95 Å². The Kier molecular flexibility index (Phi) is 4.06. The van der Waals surface area contributed by atoms with Gasteiger partial charge in [-0.25, -0.2) is 4.98 Å². The highest BCUT2D eigenvalue weighted by Crippen LogP contribution is 2.21. The maximum absolute atomic E-state index is 13.2. The molecule has 0 atom stereocenters. The van der Waals surface area contributed by atoms with E-state index in [0.717, 1.165) is 17.7 Å². The SMILES string of the molecule is Fc1nc(CCC2=C(Cl)C=[C+]C=C2)ccc1Br. The summed E-state index contributed by atoms with van der Waals surface area (Å²) in [6, 6.07) is 3.47. The summed E-state index contributed by atoms with van der Waals surface area (Å²) in [5.74, 6) is -0.477. The van der Waals surface area contributed by atoms with Crippen LogP contribution in [0.15, 0.2) is 45.4 Å². The van der Waals surface area contributed by atoms with Crippen LogP contribution in [0.3, 0.4) is 0 Å². The third-order valence-electron chi connectivity index (χ3n) is 2.41. The van der Waals surface area contributed by atoms with Crippen molar-refractivity contribution >= 4 is 27.5 Å². The van der Waals surface area contributed by atoms with Gasteiger partial charge in [0.15, 0.2) is 5.03 Å². The number of hydrogen-bond donors (Lipinski definition) is 0. The van der Waals surface area contributed by atoms with Crippen molar-refractivity contribution in [2.24, 2.45) is 0 Å². The van der Waals surface area contributed by atoms with Gasteiger partial charge in [0, 0.05) is 29.8 Å². The minimum Gasteiger partial charge on any atom is -0.224 e. The maximum Gasteiger partial charge on any atom is 0.227 e. The third kappa shape index (κ3) is 3.22. The molecule has 1 nitrogen and oxygen atoms in total. The molecule has 0 aliphatic heterocycles. The van der Waals surface area contributed by atoms with Gasteiger partial charge in [-0.2, -0.15) is 4.39 Å². The maximum atomic E-state index is 13.2. The van der Waals surface area contributed by atoms with Crippen molar-refractivity contribution in [2.45, 2.75) is 12.8 Å². The Morgan fingerprint density at radius 2 is 2.18 bits per heavy atom. The van der Waals surface area contributed by atoms with Crippen molar-refractivity contribution in [1.82, 2.24) is 4.98 Å². The molecule has 0 unspecified atom stereocenters. The smallest absolute Gasteiger partial charge is 0.224 e. The van der Waals surface area contributed by atoms with Crippen molar-refractivity contribution in [3.05, 3.63) is 63.2 Å². The van der Waals surface area contributed by atoms with E-state index in [1.54, 1.807) is 18.2 Å². The lowest BCUT2D eigenvalue weighted by Crippen LogP contribution is -1.96. The molecular formula is C13H9BrClFN+. The summed E-state index contributed by atoms with van der Waals surface area (Å²) < 4.78 is 13.6. The molecule has 0 amide bonds. The molecule has 0 N–H and O–H groups in total. The highest BCUT2D eigenvalue weighted by atomic mass is 79.9. The topological polar surface area (TPSA) is 12.9 Å². The lowest BCUT2D eigenvalue weighted by molar-refractivity contribution is 0.569. The van der Waals surface area contributed by atoms with Gasteiger partial charge in [-0.1, -0.05) is 0 Å². The zero-order valence-electron chi connectivity index (χ0n) is 8.88. The predicted molar refractivity (Wildman–Crippen MR) is 70.0 cm³/mol. The summed E-state index contributed by atoms with van der Waals surface area (Å²) in [6.07, 6.45) is 9.76. The number of pyridine rings is 1.